The van der Waals surface area contributed by atoms with Crippen LogP contribution in [0.4, 0.5) is 0 Å². The first-order chi connectivity index (χ1) is 12.1. The number of carbonyl (C=O) groups excluding carboxylic acids is 1. The summed E-state index contributed by atoms with van der Waals surface area (Å²) in [5.41, 5.74) is 9.12. The van der Waals surface area contributed by atoms with Crippen molar-refractivity contribution in [1.29, 1.82) is 0 Å². The highest BCUT2D eigenvalue weighted by Crippen LogP contribution is 2.35. The number of ether oxygens (including phenoxy) is 2. The standard InChI is InChI=1S/C19H21ClN2O3/c1-2-24-19(23)18(21)25-16-8-7-13(20)11-15(16)17-14-6-4-3-5-12(14)9-10-22-17/h3-8,11,17-18,22H,2,9-10,21H2,1H3. The molecule has 2 atom stereocenters. The first-order valence-electron chi connectivity index (χ1n) is 8.29. The van der Waals surface area contributed by atoms with Crippen LogP contribution in [-0.4, -0.2) is 25.3 Å². The Bertz CT molecular complexity index is 766. The molecule has 0 radical (unpaired) electrons. The van der Waals surface area contributed by atoms with Gasteiger partial charge in [-0.2, -0.15) is 0 Å². The summed E-state index contributed by atoms with van der Waals surface area (Å²) in [6, 6.07) is 13.5. The number of nitrogens with one attached hydrogen (secondary N) is 1. The predicted molar refractivity (Wildman–Crippen MR) is 96.7 cm³/mol. The molecule has 2 unspecified atom stereocenters. The Morgan fingerprint density at radius 3 is 2.92 bits per heavy atom. The maximum atomic E-state index is 11.8. The van der Waals surface area contributed by atoms with E-state index in [4.69, 9.17) is 26.8 Å². The van der Waals surface area contributed by atoms with Crippen LogP contribution in [0, 0.1) is 0 Å². The molecule has 3 rings (SSSR count). The maximum absolute atomic E-state index is 11.8. The molecule has 1 heterocycles. The van der Waals surface area contributed by atoms with Gasteiger partial charge in [-0.3, -0.25) is 5.73 Å². The predicted octanol–water partition coefficient (Wildman–Crippen LogP) is 2.80. The molecule has 5 nitrogen and oxygen atoms in total. The first kappa shape index (κ1) is 17.7. The molecule has 2 aromatic rings. The lowest BCUT2D eigenvalue weighted by Crippen LogP contribution is -2.38. The number of fused-ring (bicyclic) bond motifs is 1. The van der Waals surface area contributed by atoms with Gasteiger partial charge in [0.25, 0.3) is 0 Å². The SMILES string of the molecule is CCOC(=O)C(N)Oc1ccc(Cl)cc1C1NCCc2ccccc21. The number of benzene rings is 2. The summed E-state index contributed by atoms with van der Waals surface area (Å²) in [7, 11) is 0. The van der Waals surface area contributed by atoms with Crippen LogP contribution in [-0.2, 0) is 16.0 Å². The fraction of sp³-hybridized carbons (Fsp3) is 0.316. The van der Waals surface area contributed by atoms with Crippen molar-refractivity contribution in [2.45, 2.75) is 25.6 Å². The Kier molecular flexibility index (Phi) is 5.58. The number of hydrogen-bond donors (Lipinski definition) is 2. The van der Waals surface area contributed by atoms with Gasteiger partial charge in [-0.25, -0.2) is 4.79 Å². The van der Waals surface area contributed by atoms with Crippen molar-refractivity contribution in [2.75, 3.05) is 13.2 Å². The number of rotatable bonds is 5. The minimum Gasteiger partial charge on any atom is -0.464 e. The van der Waals surface area contributed by atoms with Crippen molar-refractivity contribution in [3.8, 4) is 5.75 Å². The van der Waals surface area contributed by atoms with E-state index in [0.29, 0.717) is 10.8 Å². The minimum absolute atomic E-state index is 0.0759. The van der Waals surface area contributed by atoms with E-state index in [1.54, 1.807) is 19.1 Å². The van der Waals surface area contributed by atoms with Gasteiger partial charge in [0.05, 0.1) is 12.6 Å². The number of halogens is 1. The molecule has 3 N–H and O–H groups in total. The van der Waals surface area contributed by atoms with Gasteiger partial charge in [0.2, 0.25) is 6.23 Å². The van der Waals surface area contributed by atoms with Crippen molar-refractivity contribution < 1.29 is 14.3 Å². The fourth-order valence-corrected chi connectivity index (χ4v) is 3.22. The van der Waals surface area contributed by atoms with Crippen molar-refractivity contribution in [3.05, 3.63) is 64.2 Å². The Hall–Kier alpha value is -2.08. The summed E-state index contributed by atoms with van der Waals surface area (Å²) in [5.74, 6) is -0.0837. The number of nitrogens with two attached hydrogens (primary N) is 1. The summed E-state index contributed by atoms with van der Waals surface area (Å²) >= 11 is 6.21. The quantitative estimate of drug-likeness (QED) is 0.633. The van der Waals surface area contributed by atoms with E-state index in [0.717, 1.165) is 18.5 Å². The zero-order valence-corrected chi connectivity index (χ0v) is 14.8. The molecule has 1 aliphatic rings. The molecule has 0 saturated carbocycles. The lowest BCUT2D eigenvalue weighted by atomic mass is 9.89. The van der Waals surface area contributed by atoms with Crippen LogP contribution in [0.2, 0.25) is 5.02 Å². The van der Waals surface area contributed by atoms with Crippen LogP contribution in [0.5, 0.6) is 5.75 Å². The van der Waals surface area contributed by atoms with E-state index in [1.807, 2.05) is 18.2 Å². The summed E-state index contributed by atoms with van der Waals surface area (Å²) < 4.78 is 10.6. The minimum atomic E-state index is -1.18. The van der Waals surface area contributed by atoms with Gasteiger partial charge < -0.3 is 14.8 Å². The number of esters is 1. The average Bonchev–Trinajstić information content (AvgIpc) is 2.63. The topological polar surface area (TPSA) is 73.6 Å². The zero-order valence-electron chi connectivity index (χ0n) is 14.0. The maximum Gasteiger partial charge on any atom is 0.362 e. The van der Waals surface area contributed by atoms with Crippen molar-refractivity contribution in [3.63, 3.8) is 0 Å². The van der Waals surface area contributed by atoms with Crippen LogP contribution >= 0.6 is 11.6 Å². The van der Waals surface area contributed by atoms with Gasteiger partial charge in [-0.05, 0) is 42.7 Å². The molecule has 0 fully saturated rings. The smallest absolute Gasteiger partial charge is 0.362 e. The molecule has 6 heteroatoms. The van der Waals surface area contributed by atoms with Crippen molar-refractivity contribution in [2.24, 2.45) is 5.73 Å². The van der Waals surface area contributed by atoms with E-state index in [9.17, 15) is 4.79 Å². The van der Waals surface area contributed by atoms with Crippen LogP contribution < -0.4 is 15.8 Å². The summed E-state index contributed by atoms with van der Waals surface area (Å²) in [6.07, 6.45) is -0.218. The third kappa shape index (κ3) is 3.95. The zero-order chi connectivity index (χ0) is 17.8. The largest absolute Gasteiger partial charge is 0.464 e. The highest BCUT2D eigenvalue weighted by atomic mass is 35.5. The molecule has 25 heavy (non-hydrogen) atoms. The second-order valence-corrected chi connectivity index (χ2v) is 6.25. The molecule has 0 amide bonds. The van der Waals surface area contributed by atoms with Gasteiger partial charge in [0, 0.05) is 17.1 Å². The van der Waals surface area contributed by atoms with Crippen LogP contribution in [0.3, 0.4) is 0 Å². The summed E-state index contributed by atoms with van der Waals surface area (Å²) in [4.78, 5) is 11.8. The van der Waals surface area contributed by atoms with Gasteiger partial charge >= 0.3 is 5.97 Å². The molecule has 0 aliphatic carbocycles. The Labute approximate surface area is 152 Å². The lowest BCUT2D eigenvalue weighted by molar-refractivity contribution is -0.151. The highest BCUT2D eigenvalue weighted by molar-refractivity contribution is 6.30. The lowest BCUT2D eigenvalue weighted by Gasteiger charge is -2.29. The third-order valence-corrected chi connectivity index (χ3v) is 4.40. The van der Waals surface area contributed by atoms with Crippen LogP contribution in [0.1, 0.15) is 29.7 Å². The Morgan fingerprint density at radius 1 is 1.32 bits per heavy atom. The van der Waals surface area contributed by atoms with Crippen LogP contribution in [0.15, 0.2) is 42.5 Å². The molecule has 2 aromatic carbocycles. The van der Waals surface area contributed by atoms with E-state index >= 15 is 0 Å². The normalized spacial score (nSPS) is 17.5. The van der Waals surface area contributed by atoms with Crippen LogP contribution in [0.25, 0.3) is 0 Å². The molecular formula is C19H21ClN2O3. The van der Waals surface area contributed by atoms with Crippen molar-refractivity contribution >= 4 is 17.6 Å². The molecular weight excluding hydrogens is 340 g/mol. The van der Waals surface area contributed by atoms with Crippen molar-refractivity contribution in [1.82, 2.24) is 5.32 Å². The van der Waals surface area contributed by atoms with E-state index in [2.05, 4.69) is 17.4 Å². The fourth-order valence-electron chi connectivity index (χ4n) is 3.04. The second-order valence-electron chi connectivity index (χ2n) is 5.81. The molecule has 0 bridgehead atoms. The number of hydrogen-bond acceptors (Lipinski definition) is 5. The molecule has 132 valence electrons. The Balaban J connectivity index is 1.94. The van der Waals surface area contributed by atoms with E-state index in [1.165, 1.54) is 11.1 Å². The summed E-state index contributed by atoms with van der Waals surface area (Å²) in [5, 5.41) is 4.09. The third-order valence-electron chi connectivity index (χ3n) is 4.16. The van der Waals surface area contributed by atoms with Gasteiger partial charge in [0.15, 0.2) is 0 Å². The highest BCUT2D eigenvalue weighted by Gasteiger charge is 2.26. The summed E-state index contributed by atoms with van der Waals surface area (Å²) in [6.45, 7) is 2.82. The van der Waals surface area contributed by atoms with E-state index < -0.39 is 12.2 Å². The van der Waals surface area contributed by atoms with Gasteiger partial charge in [-0.1, -0.05) is 35.9 Å². The monoisotopic (exact) mass is 360 g/mol. The van der Waals surface area contributed by atoms with Gasteiger partial charge in [0.1, 0.15) is 5.75 Å². The average molecular weight is 361 g/mol. The molecule has 0 saturated heterocycles. The second kappa shape index (κ2) is 7.87. The first-order valence-corrected chi connectivity index (χ1v) is 8.67. The van der Waals surface area contributed by atoms with E-state index in [-0.39, 0.29) is 12.6 Å². The molecule has 0 spiro atoms. The Morgan fingerprint density at radius 2 is 2.12 bits per heavy atom. The number of carbonyl (C=O) groups is 1. The van der Waals surface area contributed by atoms with Gasteiger partial charge in [-0.15, -0.1) is 0 Å². The molecule has 1 aliphatic heterocycles. The molecule has 0 aromatic heterocycles.